The van der Waals surface area contributed by atoms with Gasteiger partial charge in [0.1, 0.15) is 12.1 Å². The van der Waals surface area contributed by atoms with Gasteiger partial charge in [0, 0.05) is 12.5 Å². The second kappa shape index (κ2) is 8.07. The Labute approximate surface area is 170 Å². The number of nitrogens with one attached hydrogen (secondary N) is 2. The molecule has 6 heteroatoms. The fraction of sp³-hybridized carbons (Fsp3) is 0.348. The molecule has 1 saturated heterocycles. The van der Waals surface area contributed by atoms with Gasteiger partial charge in [-0.1, -0.05) is 60.7 Å². The molecule has 0 aromatic heterocycles. The molecule has 2 fully saturated rings. The van der Waals surface area contributed by atoms with E-state index in [4.69, 9.17) is 0 Å². The van der Waals surface area contributed by atoms with E-state index < -0.39 is 24.0 Å². The van der Waals surface area contributed by atoms with Gasteiger partial charge in [-0.25, -0.2) is 9.69 Å². The lowest BCUT2D eigenvalue weighted by atomic mass is 10.0. The van der Waals surface area contributed by atoms with Gasteiger partial charge >= 0.3 is 6.03 Å². The van der Waals surface area contributed by atoms with Crippen molar-refractivity contribution in [1.29, 1.82) is 0 Å². The van der Waals surface area contributed by atoms with E-state index in [1.165, 1.54) is 0 Å². The monoisotopic (exact) mass is 391 g/mol. The predicted octanol–water partition coefficient (Wildman–Crippen LogP) is 2.81. The quantitative estimate of drug-likeness (QED) is 0.713. The van der Waals surface area contributed by atoms with Crippen LogP contribution in [-0.4, -0.2) is 34.8 Å². The van der Waals surface area contributed by atoms with Crippen LogP contribution in [0.15, 0.2) is 60.7 Å². The first-order chi connectivity index (χ1) is 14.0. The number of carbonyl (C=O) groups excluding carboxylic acids is 3. The lowest BCUT2D eigenvalue weighted by Gasteiger charge is -2.26. The third kappa shape index (κ3) is 4.16. The van der Waals surface area contributed by atoms with Gasteiger partial charge in [0.25, 0.3) is 5.91 Å². The van der Waals surface area contributed by atoms with Crippen molar-refractivity contribution < 1.29 is 14.4 Å². The number of nitrogens with zero attached hydrogens (tertiary/aromatic N) is 1. The van der Waals surface area contributed by atoms with Crippen LogP contribution in [0.3, 0.4) is 0 Å². The zero-order valence-corrected chi connectivity index (χ0v) is 16.4. The van der Waals surface area contributed by atoms with E-state index in [-0.39, 0.29) is 18.4 Å². The van der Waals surface area contributed by atoms with Crippen LogP contribution in [0, 0.1) is 5.92 Å². The molecule has 29 heavy (non-hydrogen) atoms. The summed E-state index contributed by atoms with van der Waals surface area (Å²) in [4.78, 5) is 40.1. The molecular formula is C23H25N3O3. The maximum Gasteiger partial charge on any atom is 0.325 e. The Morgan fingerprint density at radius 1 is 1.07 bits per heavy atom. The predicted molar refractivity (Wildman–Crippen MR) is 109 cm³/mol. The molecule has 4 rings (SSSR count). The number of imide groups is 1. The van der Waals surface area contributed by atoms with E-state index in [0.29, 0.717) is 11.5 Å². The van der Waals surface area contributed by atoms with Crippen molar-refractivity contribution in [1.82, 2.24) is 15.5 Å². The van der Waals surface area contributed by atoms with Gasteiger partial charge in [-0.05, 0) is 36.8 Å². The summed E-state index contributed by atoms with van der Waals surface area (Å²) in [6.07, 6.45) is 2.48. The van der Waals surface area contributed by atoms with Crippen molar-refractivity contribution in [3.63, 3.8) is 0 Å². The van der Waals surface area contributed by atoms with E-state index in [1.54, 1.807) is 12.1 Å². The summed E-state index contributed by atoms with van der Waals surface area (Å²) in [7, 11) is 0. The van der Waals surface area contributed by atoms with E-state index in [9.17, 15) is 14.4 Å². The second-order valence-electron chi connectivity index (χ2n) is 7.84. The molecule has 3 atom stereocenters. The van der Waals surface area contributed by atoms with Crippen molar-refractivity contribution >= 4 is 17.8 Å². The molecule has 2 unspecified atom stereocenters. The molecule has 0 spiro atoms. The van der Waals surface area contributed by atoms with Crippen molar-refractivity contribution in [3.05, 3.63) is 71.8 Å². The van der Waals surface area contributed by atoms with Crippen LogP contribution in [0.2, 0.25) is 0 Å². The molecule has 6 nitrogen and oxygen atoms in total. The molecule has 2 aliphatic rings. The highest BCUT2D eigenvalue weighted by Crippen LogP contribution is 2.32. The molecule has 2 N–H and O–H groups in total. The standard InChI is InChI=1S/C23H25N3O3/c1-15(17-12-13-17)24-21(27)19(14-16-8-4-2-5-9-16)26-22(28)20(25-23(26)29)18-10-6-3-7-11-18/h2-11,15,17,19-20H,12-14H2,1H3,(H,24,27)(H,25,29)/t15-,19?,20?/m0/s1. The largest absolute Gasteiger partial charge is 0.352 e. The van der Waals surface area contributed by atoms with Crippen LogP contribution >= 0.6 is 0 Å². The van der Waals surface area contributed by atoms with Crippen molar-refractivity contribution in [3.8, 4) is 0 Å². The molecule has 150 valence electrons. The van der Waals surface area contributed by atoms with Gasteiger partial charge < -0.3 is 10.6 Å². The topological polar surface area (TPSA) is 78.5 Å². The summed E-state index contributed by atoms with van der Waals surface area (Å²) in [6.45, 7) is 1.98. The maximum atomic E-state index is 13.1. The summed E-state index contributed by atoms with van der Waals surface area (Å²) in [6, 6.07) is 16.4. The van der Waals surface area contributed by atoms with E-state index in [2.05, 4.69) is 10.6 Å². The highest BCUT2D eigenvalue weighted by Gasteiger charge is 2.45. The Morgan fingerprint density at radius 3 is 2.31 bits per heavy atom. The number of hydrogen-bond acceptors (Lipinski definition) is 3. The number of amides is 4. The second-order valence-corrected chi connectivity index (χ2v) is 7.84. The molecule has 1 aliphatic carbocycles. The number of rotatable bonds is 7. The third-order valence-electron chi connectivity index (χ3n) is 5.69. The molecular weight excluding hydrogens is 366 g/mol. The van der Waals surface area contributed by atoms with Crippen LogP contribution in [0.25, 0.3) is 0 Å². The zero-order chi connectivity index (χ0) is 20.4. The van der Waals surface area contributed by atoms with Crippen LogP contribution in [0.4, 0.5) is 4.79 Å². The van der Waals surface area contributed by atoms with Crippen LogP contribution in [0.5, 0.6) is 0 Å². The zero-order valence-electron chi connectivity index (χ0n) is 16.4. The molecule has 1 heterocycles. The van der Waals surface area contributed by atoms with Crippen molar-refractivity contribution in [2.75, 3.05) is 0 Å². The first kappa shape index (κ1) is 19.2. The molecule has 2 aromatic rings. The summed E-state index contributed by atoms with van der Waals surface area (Å²) in [5.41, 5.74) is 1.61. The molecule has 0 radical (unpaired) electrons. The maximum absolute atomic E-state index is 13.1. The van der Waals surface area contributed by atoms with Gasteiger partial charge in [-0.2, -0.15) is 0 Å². The van der Waals surface area contributed by atoms with Crippen LogP contribution in [-0.2, 0) is 16.0 Å². The number of hydrogen-bond donors (Lipinski definition) is 2. The average molecular weight is 391 g/mol. The summed E-state index contributed by atoms with van der Waals surface area (Å²) in [5, 5.41) is 5.76. The van der Waals surface area contributed by atoms with Crippen LogP contribution in [0.1, 0.15) is 36.9 Å². The van der Waals surface area contributed by atoms with Crippen molar-refractivity contribution in [2.24, 2.45) is 5.92 Å². The van der Waals surface area contributed by atoms with E-state index in [1.807, 2.05) is 55.5 Å². The lowest BCUT2D eigenvalue weighted by molar-refractivity contribution is -0.136. The number of benzene rings is 2. The molecule has 0 bridgehead atoms. The summed E-state index contributed by atoms with van der Waals surface area (Å²) in [5.74, 6) is -0.196. The van der Waals surface area contributed by atoms with E-state index >= 15 is 0 Å². The van der Waals surface area contributed by atoms with Gasteiger partial charge in [-0.3, -0.25) is 9.59 Å². The van der Waals surface area contributed by atoms with Gasteiger partial charge in [-0.15, -0.1) is 0 Å². The first-order valence-corrected chi connectivity index (χ1v) is 10.1. The molecule has 1 aliphatic heterocycles. The highest BCUT2D eigenvalue weighted by molar-refractivity contribution is 6.07. The fourth-order valence-corrected chi connectivity index (χ4v) is 3.83. The highest BCUT2D eigenvalue weighted by atomic mass is 16.2. The molecule has 2 aromatic carbocycles. The van der Waals surface area contributed by atoms with Gasteiger partial charge in [0.05, 0.1) is 0 Å². The normalized spacial score (nSPS) is 20.9. The smallest absolute Gasteiger partial charge is 0.325 e. The number of urea groups is 1. The summed E-state index contributed by atoms with van der Waals surface area (Å²) >= 11 is 0. The van der Waals surface area contributed by atoms with Gasteiger partial charge in [0.2, 0.25) is 5.91 Å². The Kier molecular flexibility index (Phi) is 5.34. The summed E-state index contributed by atoms with van der Waals surface area (Å²) < 4.78 is 0. The SMILES string of the molecule is C[C@H](NC(=O)C(Cc1ccccc1)N1C(=O)NC(c2ccccc2)C1=O)C1CC1. The first-order valence-electron chi connectivity index (χ1n) is 10.1. The minimum atomic E-state index is -0.889. The van der Waals surface area contributed by atoms with Crippen molar-refractivity contribution in [2.45, 2.75) is 44.3 Å². The minimum absolute atomic E-state index is 0.0338. The lowest BCUT2D eigenvalue weighted by Crippen LogP contribution is -2.53. The van der Waals surface area contributed by atoms with Gasteiger partial charge in [0.15, 0.2) is 0 Å². The average Bonchev–Trinajstić information content (AvgIpc) is 3.54. The van der Waals surface area contributed by atoms with Crippen LogP contribution < -0.4 is 10.6 Å². The minimum Gasteiger partial charge on any atom is -0.352 e. The third-order valence-corrected chi connectivity index (χ3v) is 5.69. The number of carbonyl (C=O) groups is 3. The Balaban J connectivity index is 1.59. The molecule has 4 amide bonds. The Morgan fingerprint density at radius 2 is 1.69 bits per heavy atom. The fourth-order valence-electron chi connectivity index (χ4n) is 3.83. The van der Waals surface area contributed by atoms with E-state index in [0.717, 1.165) is 23.3 Å². The Hall–Kier alpha value is -3.15. The Bertz CT molecular complexity index is 896. The molecule has 1 saturated carbocycles.